The summed E-state index contributed by atoms with van der Waals surface area (Å²) in [5.74, 6) is 0.863. The van der Waals surface area contributed by atoms with Gasteiger partial charge in [-0.2, -0.15) is 0 Å². The van der Waals surface area contributed by atoms with Crippen molar-refractivity contribution in [2.24, 2.45) is 5.73 Å². The van der Waals surface area contributed by atoms with Gasteiger partial charge in [-0.3, -0.25) is 0 Å². The van der Waals surface area contributed by atoms with E-state index in [1.165, 1.54) is 0 Å². The molecule has 6 heteroatoms. The molecule has 0 unspecified atom stereocenters. The number of halogens is 2. The molecule has 4 nitrogen and oxygen atoms in total. The molecule has 1 aromatic heterocycles. The Hall–Kier alpha value is -1.85. The number of benzene rings is 2. The molecule has 0 saturated carbocycles. The van der Waals surface area contributed by atoms with E-state index in [1.807, 2.05) is 24.3 Å². The third-order valence-corrected chi connectivity index (χ3v) is 5.19. The number of nitrogens with one attached hydrogen (secondary N) is 1. The van der Waals surface area contributed by atoms with Crippen LogP contribution >= 0.6 is 23.2 Å². The maximum absolute atomic E-state index is 6.55. The van der Waals surface area contributed by atoms with Crippen LogP contribution < -0.4 is 16.0 Å². The standard InChI is InChI=1S/C20H20Cl2N4/c21-17-8-13(12-23)7-15(10-17)14-1-2-19-16(9-14)11-18(22)20(25-19)26-5-3-24-4-6-26/h1-2,7-11,24H,3-6,12,23H2. The SMILES string of the molecule is NCc1cc(Cl)cc(-c2ccc3nc(N4CCNCC4)c(Cl)cc3c2)c1. The number of pyridine rings is 1. The van der Waals surface area contributed by atoms with Crippen LogP contribution in [-0.2, 0) is 6.54 Å². The van der Waals surface area contributed by atoms with E-state index in [0.717, 1.165) is 59.6 Å². The van der Waals surface area contributed by atoms with Crippen LogP contribution in [0.1, 0.15) is 5.56 Å². The van der Waals surface area contributed by atoms with E-state index in [9.17, 15) is 0 Å². The summed E-state index contributed by atoms with van der Waals surface area (Å²) in [4.78, 5) is 7.04. The van der Waals surface area contributed by atoms with Crippen LogP contribution in [0.25, 0.3) is 22.0 Å². The molecular formula is C20H20Cl2N4. The highest BCUT2D eigenvalue weighted by Crippen LogP contribution is 2.32. The molecule has 1 fully saturated rings. The largest absolute Gasteiger partial charge is 0.353 e. The topological polar surface area (TPSA) is 54.2 Å². The van der Waals surface area contributed by atoms with Gasteiger partial charge in [-0.25, -0.2) is 4.98 Å². The highest BCUT2D eigenvalue weighted by atomic mass is 35.5. The normalized spacial score (nSPS) is 14.8. The van der Waals surface area contributed by atoms with Crippen LogP contribution in [0.2, 0.25) is 10.0 Å². The van der Waals surface area contributed by atoms with Crippen LogP contribution in [0.3, 0.4) is 0 Å². The Kier molecular flexibility index (Phi) is 5.00. The first kappa shape index (κ1) is 17.6. The molecule has 4 rings (SSSR count). The summed E-state index contributed by atoms with van der Waals surface area (Å²) in [7, 11) is 0. The Morgan fingerprint density at radius 3 is 2.58 bits per heavy atom. The van der Waals surface area contributed by atoms with Crippen molar-refractivity contribution in [2.75, 3.05) is 31.1 Å². The monoisotopic (exact) mass is 386 g/mol. The summed E-state index contributed by atoms with van der Waals surface area (Å²) >= 11 is 12.8. The Balaban J connectivity index is 1.75. The number of piperazine rings is 1. The van der Waals surface area contributed by atoms with Gasteiger partial charge in [-0.1, -0.05) is 29.3 Å². The fourth-order valence-electron chi connectivity index (χ4n) is 3.35. The molecular weight excluding hydrogens is 367 g/mol. The molecule has 0 amide bonds. The average Bonchev–Trinajstić information content (AvgIpc) is 2.67. The summed E-state index contributed by atoms with van der Waals surface area (Å²) < 4.78 is 0. The molecule has 3 N–H and O–H groups in total. The average molecular weight is 387 g/mol. The van der Waals surface area contributed by atoms with Gasteiger partial charge >= 0.3 is 0 Å². The lowest BCUT2D eigenvalue weighted by molar-refractivity contribution is 0.585. The van der Waals surface area contributed by atoms with Gasteiger partial charge in [0.2, 0.25) is 0 Å². The van der Waals surface area contributed by atoms with E-state index in [0.29, 0.717) is 16.6 Å². The number of hydrogen-bond donors (Lipinski definition) is 2. The summed E-state index contributed by atoms with van der Waals surface area (Å²) in [6.07, 6.45) is 0. The van der Waals surface area contributed by atoms with Crippen molar-refractivity contribution in [3.63, 3.8) is 0 Å². The van der Waals surface area contributed by atoms with E-state index < -0.39 is 0 Å². The van der Waals surface area contributed by atoms with Crippen molar-refractivity contribution >= 4 is 39.9 Å². The fraction of sp³-hybridized carbons (Fsp3) is 0.250. The molecule has 1 aliphatic rings. The lowest BCUT2D eigenvalue weighted by Gasteiger charge is -2.29. The molecule has 2 aromatic carbocycles. The van der Waals surface area contributed by atoms with Crippen LogP contribution in [-0.4, -0.2) is 31.2 Å². The highest BCUT2D eigenvalue weighted by Gasteiger charge is 2.16. The molecule has 1 aliphatic heterocycles. The van der Waals surface area contributed by atoms with Crippen LogP contribution in [0, 0.1) is 0 Å². The van der Waals surface area contributed by atoms with Gasteiger partial charge in [0, 0.05) is 43.1 Å². The second kappa shape index (κ2) is 7.41. The molecule has 2 heterocycles. The van der Waals surface area contributed by atoms with Gasteiger partial charge < -0.3 is 16.0 Å². The number of fused-ring (bicyclic) bond motifs is 1. The predicted molar refractivity (Wildman–Crippen MR) is 110 cm³/mol. The van der Waals surface area contributed by atoms with Crippen molar-refractivity contribution in [1.82, 2.24) is 10.3 Å². The van der Waals surface area contributed by atoms with Crippen LogP contribution in [0.15, 0.2) is 42.5 Å². The van der Waals surface area contributed by atoms with E-state index in [4.69, 9.17) is 33.9 Å². The van der Waals surface area contributed by atoms with Crippen LogP contribution in [0.4, 0.5) is 5.82 Å². The maximum Gasteiger partial charge on any atom is 0.148 e. The van der Waals surface area contributed by atoms with Gasteiger partial charge in [0.05, 0.1) is 10.5 Å². The van der Waals surface area contributed by atoms with Crippen molar-refractivity contribution in [3.8, 4) is 11.1 Å². The molecule has 1 saturated heterocycles. The second-order valence-corrected chi connectivity index (χ2v) is 7.33. The molecule has 0 aliphatic carbocycles. The first-order valence-corrected chi connectivity index (χ1v) is 9.45. The molecule has 0 radical (unpaired) electrons. The van der Waals surface area contributed by atoms with Gasteiger partial charge in [-0.15, -0.1) is 0 Å². The number of rotatable bonds is 3. The molecule has 134 valence electrons. The summed E-state index contributed by atoms with van der Waals surface area (Å²) in [5.41, 5.74) is 9.83. The zero-order valence-electron chi connectivity index (χ0n) is 14.3. The van der Waals surface area contributed by atoms with Crippen LogP contribution in [0.5, 0.6) is 0 Å². The van der Waals surface area contributed by atoms with Gasteiger partial charge in [0.1, 0.15) is 5.82 Å². The minimum atomic E-state index is 0.461. The third-order valence-electron chi connectivity index (χ3n) is 4.69. The Morgan fingerprint density at radius 1 is 1.00 bits per heavy atom. The van der Waals surface area contributed by atoms with Crippen molar-refractivity contribution in [2.45, 2.75) is 6.54 Å². The highest BCUT2D eigenvalue weighted by molar-refractivity contribution is 6.33. The molecule has 0 bridgehead atoms. The second-order valence-electron chi connectivity index (χ2n) is 6.49. The lowest BCUT2D eigenvalue weighted by Crippen LogP contribution is -2.44. The minimum Gasteiger partial charge on any atom is -0.353 e. The smallest absolute Gasteiger partial charge is 0.148 e. The zero-order valence-corrected chi connectivity index (χ0v) is 15.8. The summed E-state index contributed by atoms with van der Waals surface area (Å²) in [6, 6.07) is 14.1. The molecule has 0 atom stereocenters. The van der Waals surface area contributed by atoms with Gasteiger partial charge in [0.25, 0.3) is 0 Å². The van der Waals surface area contributed by atoms with Crippen molar-refractivity contribution in [1.29, 1.82) is 0 Å². The van der Waals surface area contributed by atoms with E-state index >= 15 is 0 Å². The molecule has 3 aromatic rings. The number of nitrogens with two attached hydrogens (primary N) is 1. The number of anilines is 1. The Labute approximate surface area is 162 Å². The zero-order chi connectivity index (χ0) is 18.1. The van der Waals surface area contributed by atoms with E-state index in [2.05, 4.69) is 28.4 Å². The Bertz CT molecular complexity index is 952. The summed E-state index contributed by atoms with van der Waals surface area (Å²) in [5, 5.41) is 5.74. The van der Waals surface area contributed by atoms with Gasteiger partial charge in [0.15, 0.2) is 0 Å². The number of nitrogens with zero attached hydrogens (tertiary/aromatic N) is 2. The van der Waals surface area contributed by atoms with Crippen molar-refractivity contribution < 1.29 is 0 Å². The van der Waals surface area contributed by atoms with E-state index in [1.54, 1.807) is 0 Å². The predicted octanol–water partition coefficient (Wildman–Crippen LogP) is 4.08. The number of aromatic nitrogens is 1. The molecule has 0 spiro atoms. The fourth-order valence-corrected chi connectivity index (χ4v) is 3.89. The number of hydrogen-bond acceptors (Lipinski definition) is 4. The first-order valence-electron chi connectivity index (χ1n) is 8.70. The minimum absolute atomic E-state index is 0.461. The maximum atomic E-state index is 6.55. The van der Waals surface area contributed by atoms with Crippen molar-refractivity contribution in [3.05, 3.63) is 58.1 Å². The van der Waals surface area contributed by atoms with E-state index in [-0.39, 0.29) is 0 Å². The summed E-state index contributed by atoms with van der Waals surface area (Å²) in [6.45, 7) is 4.20. The first-order chi connectivity index (χ1) is 12.6. The lowest BCUT2D eigenvalue weighted by atomic mass is 10.0. The van der Waals surface area contributed by atoms with Gasteiger partial charge in [-0.05, 0) is 53.1 Å². The Morgan fingerprint density at radius 2 is 1.81 bits per heavy atom. The quantitative estimate of drug-likeness (QED) is 0.711. The molecule has 26 heavy (non-hydrogen) atoms. The third kappa shape index (κ3) is 3.51.